The highest BCUT2D eigenvalue weighted by molar-refractivity contribution is 6.31. The monoisotopic (exact) mass is 559 g/mol. The number of carbonyl (C=O) groups excluding carboxylic acids is 1. The van der Waals surface area contributed by atoms with E-state index in [4.69, 9.17) is 27.4 Å². The number of nitrogens with zero attached hydrogens (tertiary/aromatic N) is 5. The Hall–Kier alpha value is -3.82. The molecule has 2 aromatic heterocycles. The summed E-state index contributed by atoms with van der Waals surface area (Å²) in [6.45, 7) is 9.75. The minimum Gasteiger partial charge on any atom is -0.383 e. The summed E-state index contributed by atoms with van der Waals surface area (Å²) in [6.07, 6.45) is 3.04. The standard InChI is InChI=1S/C30H31ClFN7O/c1-17(2)8-9-18-12-13-38(15-18)30(3)24-26(33)34-28(35-27(24)36-29(30)40)25-21-11-10-20(31)14-23(21)39(37-25)16-19-6-4-5-7-22(19)32/h4-7,10-11,14,18H,1,8-9,12-13,15-16H2,2-3H3,(H3,33,34,35,36,40). The van der Waals surface area contributed by atoms with Gasteiger partial charge < -0.3 is 11.1 Å². The van der Waals surface area contributed by atoms with Gasteiger partial charge in [0.2, 0.25) is 0 Å². The molecule has 206 valence electrons. The van der Waals surface area contributed by atoms with Crippen LogP contribution < -0.4 is 11.1 Å². The second-order valence-corrected chi connectivity index (χ2v) is 11.5. The summed E-state index contributed by atoms with van der Waals surface area (Å²) < 4.78 is 16.2. The van der Waals surface area contributed by atoms with Crippen LogP contribution in [0.4, 0.5) is 16.0 Å². The maximum atomic E-state index is 14.5. The molecule has 2 aliphatic heterocycles. The van der Waals surface area contributed by atoms with E-state index in [0.717, 1.165) is 37.7 Å². The SMILES string of the molecule is C=C(C)CCC1CCN(C2(C)C(=O)Nc3nc(-c4nn(Cc5ccccc5F)c5cc(Cl)ccc45)nc(N)c32)C1. The fourth-order valence-corrected chi connectivity index (χ4v) is 6.11. The van der Waals surface area contributed by atoms with Gasteiger partial charge in [-0.3, -0.25) is 14.4 Å². The number of carbonyl (C=O) groups is 1. The Bertz CT molecular complexity index is 1670. The van der Waals surface area contributed by atoms with Crippen molar-refractivity contribution >= 4 is 40.0 Å². The van der Waals surface area contributed by atoms with Crippen LogP contribution in [0.5, 0.6) is 0 Å². The number of hydrogen-bond donors (Lipinski definition) is 2. The van der Waals surface area contributed by atoms with Gasteiger partial charge in [0.05, 0.1) is 17.6 Å². The van der Waals surface area contributed by atoms with Gasteiger partial charge in [-0.1, -0.05) is 35.4 Å². The van der Waals surface area contributed by atoms with E-state index >= 15 is 0 Å². The second-order valence-electron chi connectivity index (χ2n) is 11.0. The predicted octanol–water partition coefficient (Wildman–Crippen LogP) is 5.76. The molecule has 2 aliphatic rings. The van der Waals surface area contributed by atoms with E-state index in [-0.39, 0.29) is 29.9 Å². The molecule has 0 saturated carbocycles. The molecule has 4 heterocycles. The molecule has 2 atom stereocenters. The number of allylic oxidation sites excluding steroid dienone is 1. The lowest BCUT2D eigenvalue weighted by atomic mass is 9.92. The smallest absolute Gasteiger partial charge is 0.250 e. The summed E-state index contributed by atoms with van der Waals surface area (Å²) in [5.41, 5.74) is 9.06. The molecule has 2 aromatic carbocycles. The van der Waals surface area contributed by atoms with E-state index in [0.29, 0.717) is 39.1 Å². The van der Waals surface area contributed by atoms with Crippen molar-refractivity contribution in [3.63, 3.8) is 0 Å². The first-order valence-corrected chi connectivity index (χ1v) is 13.8. The molecule has 0 spiro atoms. The number of nitrogen functional groups attached to an aromatic ring is 1. The van der Waals surface area contributed by atoms with Crippen LogP contribution in [-0.4, -0.2) is 43.6 Å². The van der Waals surface area contributed by atoms with Gasteiger partial charge in [0.25, 0.3) is 5.91 Å². The number of fused-ring (bicyclic) bond motifs is 2. The zero-order valence-electron chi connectivity index (χ0n) is 22.5. The summed E-state index contributed by atoms with van der Waals surface area (Å²) in [4.78, 5) is 25.0. The van der Waals surface area contributed by atoms with Gasteiger partial charge in [-0.05, 0) is 69.8 Å². The normalized spacial score (nSPS) is 20.7. The number of likely N-dealkylation sites (tertiary alicyclic amines) is 1. The quantitative estimate of drug-likeness (QED) is 0.279. The zero-order valence-corrected chi connectivity index (χ0v) is 23.3. The first kappa shape index (κ1) is 26.4. The summed E-state index contributed by atoms with van der Waals surface area (Å²) in [5, 5.41) is 8.99. The number of rotatable bonds is 7. The molecular weight excluding hydrogens is 529 g/mol. The van der Waals surface area contributed by atoms with Gasteiger partial charge >= 0.3 is 0 Å². The number of aromatic nitrogens is 4. The van der Waals surface area contributed by atoms with Gasteiger partial charge in [0, 0.05) is 22.5 Å². The van der Waals surface area contributed by atoms with Crippen molar-refractivity contribution in [1.29, 1.82) is 0 Å². The molecule has 10 heteroatoms. The number of nitrogens with one attached hydrogen (secondary N) is 1. The molecule has 1 fully saturated rings. The predicted molar refractivity (Wildman–Crippen MR) is 155 cm³/mol. The summed E-state index contributed by atoms with van der Waals surface area (Å²) in [6, 6.07) is 11.9. The summed E-state index contributed by atoms with van der Waals surface area (Å²) >= 11 is 6.31. The third-order valence-electron chi connectivity index (χ3n) is 8.20. The van der Waals surface area contributed by atoms with Crippen molar-refractivity contribution in [2.75, 3.05) is 24.1 Å². The van der Waals surface area contributed by atoms with Gasteiger partial charge in [-0.15, -0.1) is 6.58 Å². The average molecular weight is 560 g/mol. The molecule has 0 radical (unpaired) electrons. The fraction of sp³-hybridized carbons (Fsp3) is 0.333. The van der Waals surface area contributed by atoms with E-state index < -0.39 is 5.54 Å². The largest absolute Gasteiger partial charge is 0.383 e. The van der Waals surface area contributed by atoms with Crippen molar-refractivity contribution in [2.24, 2.45) is 5.92 Å². The number of halogens is 2. The van der Waals surface area contributed by atoms with E-state index in [1.54, 1.807) is 35.0 Å². The molecule has 6 rings (SSSR count). The van der Waals surface area contributed by atoms with Crippen LogP contribution in [0.1, 0.15) is 44.2 Å². The first-order valence-electron chi connectivity index (χ1n) is 13.4. The van der Waals surface area contributed by atoms with Crippen molar-refractivity contribution in [3.8, 4) is 11.5 Å². The molecular formula is C30H31ClFN7O. The van der Waals surface area contributed by atoms with Gasteiger partial charge in [0.15, 0.2) is 5.82 Å². The van der Waals surface area contributed by atoms with Gasteiger partial charge in [-0.2, -0.15) is 5.10 Å². The topological polar surface area (TPSA) is 102 Å². The highest BCUT2D eigenvalue weighted by atomic mass is 35.5. The van der Waals surface area contributed by atoms with Gasteiger partial charge in [0.1, 0.15) is 28.7 Å². The lowest BCUT2D eigenvalue weighted by Gasteiger charge is -2.33. The third-order valence-corrected chi connectivity index (χ3v) is 8.43. The van der Waals surface area contributed by atoms with Crippen molar-refractivity contribution in [2.45, 2.75) is 45.2 Å². The van der Waals surface area contributed by atoms with Crippen LogP contribution in [-0.2, 0) is 16.9 Å². The minimum absolute atomic E-state index is 0.164. The Labute approximate surface area is 237 Å². The molecule has 0 aliphatic carbocycles. The minimum atomic E-state index is -0.963. The van der Waals surface area contributed by atoms with Crippen LogP contribution >= 0.6 is 11.6 Å². The number of amides is 1. The summed E-state index contributed by atoms with van der Waals surface area (Å²) in [7, 11) is 0. The van der Waals surface area contributed by atoms with Crippen LogP contribution in [0.3, 0.4) is 0 Å². The van der Waals surface area contributed by atoms with Crippen LogP contribution in [0.15, 0.2) is 54.6 Å². The Kier molecular flexibility index (Phi) is 6.59. The van der Waals surface area contributed by atoms with Crippen LogP contribution in [0, 0.1) is 11.7 Å². The molecule has 3 N–H and O–H groups in total. The van der Waals surface area contributed by atoms with Crippen molar-refractivity contribution < 1.29 is 9.18 Å². The number of hydrogen-bond acceptors (Lipinski definition) is 6. The maximum Gasteiger partial charge on any atom is 0.250 e. The molecule has 1 amide bonds. The van der Waals surface area contributed by atoms with Crippen molar-refractivity contribution in [3.05, 3.63) is 76.6 Å². The van der Waals surface area contributed by atoms with E-state index in [2.05, 4.69) is 21.8 Å². The van der Waals surface area contributed by atoms with Crippen LogP contribution in [0.25, 0.3) is 22.4 Å². The highest BCUT2D eigenvalue weighted by Crippen LogP contribution is 2.45. The molecule has 40 heavy (non-hydrogen) atoms. The number of anilines is 2. The average Bonchev–Trinajstić information content (AvgIpc) is 3.60. The Morgan fingerprint density at radius 1 is 1.27 bits per heavy atom. The Balaban J connectivity index is 1.38. The van der Waals surface area contributed by atoms with Crippen LogP contribution in [0.2, 0.25) is 5.02 Å². The second kappa shape index (κ2) is 9.98. The van der Waals surface area contributed by atoms with E-state index in [1.807, 2.05) is 19.9 Å². The third kappa shape index (κ3) is 4.43. The number of benzene rings is 2. The van der Waals surface area contributed by atoms with E-state index in [1.165, 1.54) is 11.6 Å². The number of nitrogens with two attached hydrogens (primary N) is 1. The molecule has 2 unspecified atom stereocenters. The fourth-order valence-electron chi connectivity index (χ4n) is 5.94. The molecule has 8 nitrogen and oxygen atoms in total. The molecule has 1 saturated heterocycles. The Morgan fingerprint density at radius 3 is 2.85 bits per heavy atom. The molecule has 4 aromatic rings. The Morgan fingerprint density at radius 2 is 2.08 bits per heavy atom. The zero-order chi connectivity index (χ0) is 28.2. The molecule has 0 bridgehead atoms. The lowest BCUT2D eigenvalue weighted by molar-refractivity contribution is -0.126. The highest BCUT2D eigenvalue weighted by Gasteiger charge is 2.52. The summed E-state index contributed by atoms with van der Waals surface area (Å²) in [5.74, 6) is 0.911. The van der Waals surface area contributed by atoms with Gasteiger partial charge in [-0.25, -0.2) is 14.4 Å². The lowest BCUT2D eigenvalue weighted by Crippen LogP contribution is -2.48. The van der Waals surface area contributed by atoms with Crippen molar-refractivity contribution in [1.82, 2.24) is 24.6 Å². The van der Waals surface area contributed by atoms with E-state index in [9.17, 15) is 9.18 Å². The maximum absolute atomic E-state index is 14.5. The first-order chi connectivity index (χ1) is 19.1.